The van der Waals surface area contributed by atoms with Gasteiger partial charge in [-0.2, -0.15) is 0 Å². The van der Waals surface area contributed by atoms with Gasteiger partial charge in [0.05, 0.1) is 5.75 Å². The molecule has 0 aromatic rings. The second-order valence-electron chi connectivity index (χ2n) is 5.04. The van der Waals surface area contributed by atoms with E-state index >= 15 is 0 Å². The van der Waals surface area contributed by atoms with Gasteiger partial charge in [-0.05, 0) is 38.6 Å². The predicted molar refractivity (Wildman–Crippen MR) is 68.0 cm³/mol. The second-order valence-corrected chi connectivity index (χ2v) is 6.86. The molecule has 0 atom stereocenters. The molecule has 2 rings (SSSR count). The van der Waals surface area contributed by atoms with E-state index in [9.17, 15) is 8.42 Å². The average Bonchev–Trinajstić information content (AvgIpc) is 3.09. The summed E-state index contributed by atoms with van der Waals surface area (Å²) < 4.78 is 23.6. The fourth-order valence-electron chi connectivity index (χ4n) is 2.08. The fourth-order valence-corrected chi connectivity index (χ4v) is 3.27. The van der Waals surface area contributed by atoms with E-state index in [1.165, 1.54) is 19.3 Å². The number of hydrogen-bond donors (Lipinski definition) is 2. The number of nitrogens with one attached hydrogen (secondary N) is 2. The monoisotopic (exact) mass is 261 g/mol. The van der Waals surface area contributed by atoms with Crippen molar-refractivity contribution in [3.05, 3.63) is 0 Å². The summed E-state index contributed by atoms with van der Waals surface area (Å²) >= 11 is 0. The first-order valence-electron chi connectivity index (χ1n) is 6.64. The van der Waals surface area contributed by atoms with Gasteiger partial charge in [-0.15, -0.1) is 4.83 Å². The van der Waals surface area contributed by atoms with Crippen LogP contribution >= 0.6 is 0 Å². The Bertz CT molecular complexity index is 322. The Morgan fingerprint density at radius 1 is 1.12 bits per heavy atom. The van der Waals surface area contributed by atoms with E-state index in [1.807, 2.05) is 5.01 Å². The van der Waals surface area contributed by atoms with Gasteiger partial charge in [0.25, 0.3) is 0 Å². The first kappa shape index (κ1) is 13.3. The summed E-state index contributed by atoms with van der Waals surface area (Å²) in [6.45, 7) is 2.50. The molecule has 1 saturated heterocycles. The second kappa shape index (κ2) is 6.13. The van der Waals surface area contributed by atoms with Crippen LogP contribution < -0.4 is 10.1 Å². The molecule has 0 amide bonds. The summed E-state index contributed by atoms with van der Waals surface area (Å²) in [6.07, 6.45) is 6.58. The molecule has 0 radical (unpaired) electrons. The van der Waals surface area contributed by atoms with Crippen LogP contribution in [0.25, 0.3) is 0 Å². The molecule has 0 bridgehead atoms. The molecular weight excluding hydrogens is 238 g/mol. The summed E-state index contributed by atoms with van der Waals surface area (Å²) in [5, 5.41) is 5.17. The predicted octanol–water partition coefficient (Wildman–Crippen LogP) is 0.449. The Hall–Kier alpha value is -0.170. The molecule has 0 aromatic heterocycles. The maximum atomic E-state index is 11.8. The third kappa shape index (κ3) is 5.33. The molecule has 5 nitrogen and oxygen atoms in total. The molecule has 6 heteroatoms. The highest BCUT2D eigenvalue weighted by Gasteiger charge is 2.21. The topological polar surface area (TPSA) is 61.4 Å². The van der Waals surface area contributed by atoms with Gasteiger partial charge in [-0.25, -0.2) is 13.4 Å². The molecule has 0 unspecified atom stereocenters. The first-order valence-corrected chi connectivity index (χ1v) is 8.29. The molecule has 2 fully saturated rings. The highest BCUT2D eigenvalue weighted by Crippen LogP contribution is 2.18. The number of nitrogens with zero attached hydrogens (tertiary/aromatic N) is 1. The van der Waals surface area contributed by atoms with E-state index < -0.39 is 10.0 Å². The zero-order valence-electron chi connectivity index (χ0n) is 10.3. The van der Waals surface area contributed by atoms with Gasteiger partial charge >= 0.3 is 0 Å². The van der Waals surface area contributed by atoms with E-state index in [0.29, 0.717) is 12.5 Å². The number of piperidine rings is 1. The van der Waals surface area contributed by atoms with Crippen molar-refractivity contribution in [1.29, 1.82) is 0 Å². The van der Waals surface area contributed by atoms with Crippen molar-refractivity contribution in [3.8, 4) is 0 Å². The minimum Gasteiger partial charge on any atom is -0.314 e. The summed E-state index contributed by atoms with van der Waals surface area (Å²) in [5.41, 5.74) is 0. The Morgan fingerprint density at radius 2 is 1.82 bits per heavy atom. The third-order valence-corrected chi connectivity index (χ3v) is 4.59. The van der Waals surface area contributed by atoms with Gasteiger partial charge in [-0.1, -0.05) is 6.42 Å². The molecule has 1 aliphatic carbocycles. The Kier molecular flexibility index (Phi) is 4.78. The molecule has 1 saturated carbocycles. The third-order valence-electron chi connectivity index (χ3n) is 3.22. The van der Waals surface area contributed by atoms with Gasteiger partial charge in [-0.3, -0.25) is 0 Å². The maximum Gasteiger partial charge on any atom is 0.224 e. The van der Waals surface area contributed by atoms with Crippen molar-refractivity contribution in [3.63, 3.8) is 0 Å². The normalized spacial score (nSPS) is 22.8. The summed E-state index contributed by atoms with van der Waals surface area (Å²) in [7, 11) is -3.12. The van der Waals surface area contributed by atoms with Crippen LogP contribution in [0.5, 0.6) is 0 Å². The number of hydrazine groups is 1. The minimum absolute atomic E-state index is 0.225. The lowest BCUT2D eigenvalue weighted by Gasteiger charge is -2.26. The zero-order chi connectivity index (χ0) is 12.1. The Morgan fingerprint density at radius 3 is 2.47 bits per heavy atom. The maximum absolute atomic E-state index is 11.8. The van der Waals surface area contributed by atoms with Crippen molar-refractivity contribution in [2.45, 2.75) is 44.6 Å². The van der Waals surface area contributed by atoms with Crippen molar-refractivity contribution in [1.82, 2.24) is 15.2 Å². The van der Waals surface area contributed by atoms with Crippen LogP contribution in [0.2, 0.25) is 0 Å². The average molecular weight is 261 g/mol. The van der Waals surface area contributed by atoms with Crippen molar-refractivity contribution >= 4 is 10.0 Å². The van der Waals surface area contributed by atoms with E-state index in [4.69, 9.17) is 0 Å². The minimum atomic E-state index is -3.12. The number of rotatable bonds is 7. The van der Waals surface area contributed by atoms with Crippen LogP contribution in [0, 0.1) is 0 Å². The number of hydrogen-bond acceptors (Lipinski definition) is 4. The first-order chi connectivity index (χ1) is 8.16. The summed E-state index contributed by atoms with van der Waals surface area (Å²) in [4.78, 5) is 2.68. The Labute approximate surface area is 104 Å². The van der Waals surface area contributed by atoms with Gasteiger partial charge in [0.1, 0.15) is 0 Å². The number of sulfonamides is 1. The summed E-state index contributed by atoms with van der Waals surface area (Å²) in [6, 6.07) is 0.660. The smallest absolute Gasteiger partial charge is 0.224 e. The van der Waals surface area contributed by atoms with E-state index in [0.717, 1.165) is 32.5 Å². The lowest BCUT2D eigenvalue weighted by atomic mass is 10.2. The van der Waals surface area contributed by atoms with E-state index in [2.05, 4.69) is 10.1 Å². The van der Waals surface area contributed by atoms with Crippen LogP contribution in [-0.2, 0) is 10.0 Å². The molecule has 2 N–H and O–H groups in total. The standard InChI is InChI=1S/C11H23N3O2S/c15-17(16,10-4-7-12-11-5-6-11)13-14-8-2-1-3-9-14/h11-13H,1-10H2. The Balaban J connectivity index is 1.62. The van der Waals surface area contributed by atoms with E-state index in [-0.39, 0.29) is 5.75 Å². The molecule has 0 spiro atoms. The van der Waals surface area contributed by atoms with Gasteiger partial charge in [0, 0.05) is 19.1 Å². The molecule has 1 aliphatic heterocycles. The fraction of sp³-hybridized carbons (Fsp3) is 1.00. The van der Waals surface area contributed by atoms with E-state index in [1.54, 1.807) is 0 Å². The van der Waals surface area contributed by atoms with Crippen molar-refractivity contribution < 1.29 is 8.42 Å². The van der Waals surface area contributed by atoms with Crippen LogP contribution in [0.15, 0.2) is 0 Å². The quantitative estimate of drug-likeness (QED) is 0.653. The molecule has 0 aromatic carbocycles. The van der Waals surface area contributed by atoms with Gasteiger partial charge in [0.2, 0.25) is 10.0 Å². The molecule has 17 heavy (non-hydrogen) atoms. The zero-order valence-corrected chi connectivity index (χ0v) is 11.1. The molecular formula is C11H23N3O2S. The summed E-state index contributed by atoms with van der Waals surface area (Å²) in [5.74, 6) is 0.225. The highest BCUT2D eigenvalue weighted by atomic mass is 32.2. The highest BCUT2D eigenvalue weighted by molar-refractivity contribution is 7.89. The molecule has 100 valence electrons. The lowest BCUT2D eigenvalue weighted by molar-refractivity contribution is 0.200. The van der Waals surface area contributed by atoms with Gasteiger partial charge in [0.15, 0.2) is 0 Å². The van der Waals surface area contributed by atoms with Crippen LogP contribution in [0.4, 0.5) is 0 Å². The SMILES string of the molecule is O=S(=O)(CCCNC1CC1)NN1CCCCC1. The van der Waals surface area contributed by atoms with Crippen LogP contribution in [0.3, 0.4) is 0 Å². The molecule has 2 aliphatic rings. The lowest BCUT2D eigenvalue weighted by Crippen LogP contribution is -2.46. The van der Waals surface area contributed by atoms with Crippen molar-refractivity contribution in [2.75, 3.05) is 25.4 Å². The van der Waals surface area contributed by atoms with Crippen LogP contribution in [0.1, 0.15) is 38.5 Å². The van der Waals surface area contributed by atoms with Crippen molar-refractivity contribution in [2.24, 2.45) is 0 Å². The largest absolute Gasteiger partial charge is 0.314 e. The van der Waals surface area contributed by atoms with Gasteiger partial charge < -0.3 is 5.32 Å². The molecule has 1 heterocycles. The van der Waals surface area contributed by atoms with Crippen LogP contribution in [-0.4, -0.2) is 44.9 Å².